The van der Waals surface area contributed by atoms with Gasteiger partial charge in [-0.05, 0) is 48.4 Å². The summed E-state index contributed by atoms with van der Waals surface area (Å²) in [6.45, 7) is 2.06. The number of aliphatic carboxylic acids is 1. The Kier molecular flexibility index (Phi) is 6.77. The van der Waals surface area contributed by atoms with Gasteiger partial charge in [-0.25, -0.2) is 4.79 Å². The van der Waals surface area contributed by atoms with E-state index >= 15 is 0 Å². The van der Waals surface area contributed by atoms with Crippen molar-refractivity contribution in [3.63, 3.8) is 0 Å². The van der Waals surface area contributed by atoms with E-state index in [-0.39, 0.29) is 31.0 Å². The molecule has 2 aromatic carbocycles. The molecule has 7 heteroatoms. The molecule has 0 heterocycles. The zero-order valence-corrected chi connectivity index (χ0v) is 18.5. The van der Waals surface area contributed by atoms with Crippen LogP contribution in [-0.4, -0.2) is 42.3 Å². The van der Waals surface area contributed by atoms with E-state index < -0.39 is 18.0 Å². The van der Waals surface area contributed by atoms with Crippen molar-refractivity contribution in [2.45, 2.75) is 38.1 Å². The summed E-state index contributed by atoms with van der Waals surface area (Å²) in [4.78, 5) is 35.6. The number of rotatable bonds is 7. The Morgan fingerprint density at radius 1 is 1.03 bits per heavy atom. The van der Waals surface area contributed by atoms with E-state index in [0.717, 1.165) is 11.1 Å². The summed E-state index contributed by atoms with van der Waals surface area (Å²) < 4.78 is 5.49. The smallest absolute Gasteiger partial charge is 0.407 e. The molecule has 0 aliphatic heterocycles. The molecule has 0 saturated heterocycles. The minimum atomic E-state index is -0.814. The third-order valence-electron chi connectivity index (χ3n) is 6.47. The van der Waals surface area contributed by atoms with Crippen LogP contribution in [0.1, 0.15) is 43.2 Å². The van der Waals surface area contributed by atoms with Crippen LogP contribution in [0.3, 0.4) is 0 Å². The van der Waals surface area contributed by atoms with Crippen molar-refractivity contribution in [2.24, 2.45) is 5.92 Å². The summed E-state index contributed by atoms with van der Waals surface area (Å²) in [5.74, 6) is -1.46. The van der Waals surface area contributed by atoms with Gasteiger partial charge in [-0.2, -0.15) is 0 Å². The Labute approximate surface area is 192 Å². The van der Waals surface area contributed by atoms with Gasteiger partial charge in [-0.1, -0.05) is 54.6 Å². The molecule has 7 nitrogen and oxygen atoms in total. The number of benzene rings is 2. The first kappa shape index (κ1) is 22.6. The second-order valence-electron chi connectivity index (χ2n) is 8.61. The molecule has 0 bridgehead atoms. The Morgan fingerprint density at radius 2 is 1.67 bits per heavy atom. The van der Waals surface area contributed by atoms with Crippen LogP contribution in [0.15, 0.2) is 60.2 Å². The van der Waals surface area contributed by atoms with E-state index in [0.29, 0.717) is 24.8 Å². The number of amides is 2. The van der Waals surface area contributed by atoms with Gasteiger partial charge in [0.25, 0.3) is 0 Å². The molecule has 4 rings (SSSR count). The van der Waals surface area contributed by atoms with Gasteiger partial charge in [0.15, 0.2) is 0 Å². The minimum Gasteiger partial charge on any atom is -0.481 e. The average molecular weight is 449 g/mol. The third kappa shape index (κ3) is 5.08. The average Bonchev–Trinajstić information content (AvgIpc) is 3.40. The molecular formula is C26H28N2O5. The summed E-state index contributed by atoms with van der Waals surface area (Å²) in [7, 11) is 0. The number of carboxylic acid groups (broad SMARTS) is 1. The van der Waals surface area contributed by atoms with E-state index in [1.807, 2.05) is 24.3 Å². The molecule has 0 spiro atoms. The van der Waals surface area contributed by atoms with Crippen molar-refractivity contribution in [1.82, 2.24) is 10.6 Å². The number of fused-ring (bicyclic) bond motifs is 3. The highest BCUT2D eigenvalue weighted by molar-refractivity contribution is 5.93. The maximum atomic E-state index is 12.3. The van der Waals surface area contributed by atoms with Crippen LogP contribution in [0.2, 0.25) is 0 Å². The van der Waals surface area contributed by atoms with Gasteiger partial charge >= 0.3 is 12.1 Å². The van der Waals surface area contributed by atoms with Crippen LogP contribution in [0.5, 0.6) is 0 Å². The molecule has 2 aromatic rings. The highest BCUT2D eigenvalue weighted by atomic mass is 16.5. The predicted molar refractivity (Wildman–Crippen MR) is 124 cm³/mol. The minimum absolute atomic E-state index is 0.00718. The summed E-state index contributed by atoms with van der Waals surface area (Å²) in [6, 6.07) is 16.2. The lowest BCUT2D eigenvalue weighted by molar-refractivity contribution is -0.141. The van der Waals surface area contributed by atoms with Crippen molar-refractivity contribution in [3.05, 3.63) is 71.3 Å². The van der Waals surface area contributed by atoms with Gasteiger partial charge in [0.2, 0.25) is 5.91 Å². The SMILES string of the molecule is C/C(=C\CNC(=O)OCC1c2ccccc2-c2ccccc21)C(=O)N[C@H]1CC[C@@H](C(=O)O)C1. The molecule has 2 aliphatic rings. The zero-order chi connectivity index (χ0) is 23.4. The molecule has 0 radical (unpaired) electrons. The first-order valence-electron chi connectivity index (χ1n) is 11.2. The van der Waals surface area contributed by atoms with Gasteiger partial charge in [0.05, 0.1) is 5.92 Å². The lowest BCUT2D eigenvalue weighted by Crippen LogP contribution is -2.34. The van der Waals surface area contributed by atoms with Gasteiger partial charge in [-0.15, -0.1) is 0 Å². The number of carbonyl (C=O) groups excluding carboxylic acids is 2. The largest absolute Gasteiger partial charge is 0.481 e. The number of ether oxygens (including phenoxy) is 1. The Bertz CT molecular complexity index is 1050. The van der Waals surface area contributed by atoms with E-state index in [1.165, 1.54) is 11.1 Å². The maximum absolute atomic E-state index is 12.3. The lowest BCUT2D eigenvalue weighted by atomic mass is 9.98. The lowest BCUT2D eigenvalue weighted by Gasteiger charge is -2.14. The molecule has 0 aromatic heterocycles. The molecule has 0 unspecified atom stereocenters. The highest BCUT2D eigenvalue weighted by Gasteiger charge is 2.31. The van der Waals surface area contributed by atoms with Crippen molar-refractivity contribution < 1.29 is 24.2 Å². The highest BCUT2D eigenvalue weighted by Crippen LogP contribution is 2.44. The van der Waals surface area contributed by atoms with Crippen LogP contribution < -0.4 is 10.6 Å². The second kappa shape index (κ2) is 9.90. The van der Waals surface area contributed by atoms with E-state index in [1.54, 1.807) is 13.0 Å². The summed E-state index contributed by atoms with van der Waals surface area (Å²) in [6.07, 6.45) is 2.77. The van der Waals surface area contributed by atoms with Gasteiger partial charge in [0, 0.05) is 24.1 Å². The number of hydrogen-bond acceptors (Lipinski definition) is 4. The molecule has 1 fully saturated rings. The van der Waals surface area contributed by atoms with Crippen LogP contribution in [0, 0.1) is 5.92 Å². The van der Waals surface area contributed by atoms with E-state index in [4.69, 9.17) is 9.84 Å². The number of hydrogen-bond donors (Lipinski definition) is 3. The standard InChI is InChI=1S/C26H28N2O5/c1-16(24(29)28-18-11-10-17(14-18)25(30)31)12-13-27-26(32)33-15-23-21-8-4-2-6-19(21)20-7-3-5-9-22(20)23/h2-9,12,17-18,23H,10-11,13-15H2,1H3,(H,27,32)(H,28,29)(H,30,31)/b16-12+/t17-,18+/m1/s1. The fourth-order valence-corrected chi connectivity index (χ4v) is 4.67. The maximum Gasteiger partial charge on any atom is 0.407 e. The number of nitrogens with one attached hydrogen (secondary N) is 2. The zero-order valence-electron chi connectivity index (χ0n) is 18.5. The molecule has 2 atom stereocenters. The van der Waals surface area contributed by atoms with Crippen LogP contribution in [0.25, 0.3) is 11.1 Å². The summed E-state index contributed by atoms with van der Waals surface area (Å²) in [5, 5.41) is 14.6. The molecule has 2 amide bonds. The number of alkyl carbamates (subject to hydrolysis) is 1. The summed E-state index contributed by atoms with van der Waals surface area (Å²) in [5.41, 5.74) is 5.10. The van der Waals surface area contributed by atoms with E-state index in [2.05, 4.69) is 34.9 Å². The van der Waals surface area contributed by atoms with Crippen molar-refractivity contribution in [2.75, 3.05) is 13.2 Å². The summed E-state index contributed by atoms with van der Waals surface area (Å²) >= 11 is 0. The van der Waals surface area contributed by atoms with Crippen LogP contribution in [-0.2, 0) is 14.3 Å². The van der Waals surface area contributed by atoms with Crippen LogP contribution >= 0.6 is 0 Å². The Hall–Kier alpha value is -3.61. The second-order valence-corrected chi connectivity index (χ2v) is 8.61. The van der Waals surface area contributed by atoms with E-state index in [9.17, 15) is 14.4 Å². The first-order valence-corrected chi connectivity index (χ1v) is 11.2. The molecule has 1 saturated carbocycles. The monoisotopic (exact) mass is 448 g/mol. The fraction of sp³-hybridized carbons (Fsp3) is 0.346. The van der Waals surface area contributed by atoms with Gasteiger partial charge in [-0.3, -0.25) is 9.59 Å². The van der Waals surface area contributed by atoms with Crippen molar-refractivity contribution in [3.8, 4) is 11.1 Å². The number of carbonyl (C=O) groups is 3. The quantitative estimate of drug-likeness (QED) is 0.558. The molecule has 3 N–H and O–H groups in total. The molecule has 2 aliphatic carbocycles. The topological polar surface area (TPSA) is 105 Å². The number of carboxylic acids is 1. The molecule has 33 heavy (non-hydrogen) atoms. The Balaban J connectivity index is 1.25. The molecular weight excluding hydrogens is 420 g/mol. The Morgan fingerprint density at radius 3 is 2.27 bits per heavy atom. The van der Waals surface area contributed by atoms with Crippen molar-refractivity contribution in [1.29, 1.82) is 0 Å². The third-order valence-corrected chi connectivity index (χ3v) is 6.47. The normalized spacial score (nSPS) is 19.5. The fourth-order valence-electron chi connectivity index (χ4n) is 4.67. The van der Waals surface area contributed by atoms with Gasteiger partial charge < -0.3 is 20.5 Å². The van der Waals surface area contributed by atoms with Gasteiger partial charge in [0.1, 0.15) is 6.61 Å². The first-order chi connectivity index (χ1) is 15.9. The predicted octanol–water partition coefficient (Wildman–Crippen LogP) is 3.84. The molecule has 172 valence electrons. The van der Waals surface area contributed by atoms with Crippen LogP contribution in [0.4, 0.5) is 4.79 Å². The van der Waals surface area contributed by atoms with Crippen molar-refractivity contribution >= 4 is 18.0 Å².